The van der Waals surface area contributed by atoms with Crippen molar-refractivity contribution in [2.75, 3.05) is 25.2 Å². The van der Waals surface area contributed by atoms with Crippen molar-refractivity contribution in [2.24, 2.45) is 23.7 Å². The van der Waals surface area contributed by atoms with Crippen molar-refractivity contribution in [3.8, 4) is 22.6 Å². The van der Waals surface area contributed by atoms with E-state index in [0.717, 1.165) is 15.8 Å². The number of nitrogens with zero attached hydrogens (tertiary/aromatic N) is 2. The molecule has 0 unspecified atom stereocenters. The van der Waals surface area contributed by atoms with Crippen LogP contribution in [0.3, 0.4) is 0 Å². The molecule has 1 fully saturated rings. The van der Waals surface area contributed by atoms with Crippen molar-refractivity contribution in [3.63, 3.8) is 0 Å². The molecule has 0 spiro atoms. The Hall–Kier alpha value is -2.85. The van der Waals surface area contributed by atoms with Crippen LogP contribution >= 0.6 is 11.3 Å². The second kappa shape index (κ2) is 10.0. The summed E-state index contributed by atoms with van der Waals surface area (Å²) < 4.78 is 37.3. The summed E-state index contributed by atoms with van der Waals surface area (Å²) in [6.07, 6.45) is 2.75. The number of rotatable bonds is 7. The smallest absolute Gasteiger partial charge is 0.259 e. The van der Waals surface area contributed by atoms with E-state index in [9.17, 15) is 13.2 Å². The molecule has 1 aromatic carbocycles. The van der Waals surface area contributed by atoms with Crippen molar-refractivity contribution >= 4 is 37.1 Å². The minimum Gasteiger partial charge on any atom is -0.493 e. The second-order valence-corrected chi connectivity index (χ2v) is 12.6. The fourth-order valence-electron chi connectivity index (χ4n) is 4.06. The van der Waals surface area contributed by atoms with E-state index >= 15 is 0 Å². The maximum atomic E-state index is 12.9. The van der Waals surface area contributed by atoms with E-state index < -0.39 is 9.84 Å². The number of methoxy groups -OCH3 is 1. The van der Waals surface area contributed by atoms with Crippen molar-refractivity contribution in [2.45, 2.75) is 32.7 Å². The maximum Gasteiger partial charge on any atom is 0.259 e. The Morgan fingerprint density at radius 2 is 1.94 bits per heavy atom. The summed E-state index contributed by atoms with van der Waals surface area (Å²) in [4.78, 5) is 18.2. The third kappa shape index (κ3) is 5.54. The predicted octanol–water partition coefficient (Wildman–Crippen LogP) is 3.59. The molecule has 4 rings (SSSR count). The van der Waals surface area contributed by atoms with Gasteiger partial charge < -0.3 is 19.8 Å². The number of thiophene rings is 1. The summed E-state index contributed by atoms with van der Waals surface area (Å²) in [5.74, 6) is 2.24. The first-order valence-corrected chi connectivity index (χ1v) is 14.2. The van der Waals surface area contributed by atoms with Gasteiger partial charge in [0, 0.05) is 23.5 Å². The molecule has 0 amide bonds. The Bertz CT molecular complexity index is 1420. The summed E-state index contributed by atoms with van der Waals surface area (Å²) in [6.45, 7) is 4.72. The summed E-state index contributed by atoms with van der Waals surface area (Å²) in [5.41, 5.74) is 7.99. The molecular weight excluding hydrogens is 486 g/mol. The van der Waals surface area contributed by atoms with Gasteiger partial charge in [-0.15, -0.1) is 11.3 Å². The molecule has 1 saturated heterocycles. The maximum absolute atomic E-state index is 12.9. The van der Waals surface area contributed by atoms with Crippen LogP contribution in [0.4, 0.5) is 0 Å². The van der Waals surface area contributed by atoms with Crippen LogP contribution in [0.2, 0.25) is 0 Å². The average Bonchev–Trinajstić information content (AvgIpc) is 3.27. The molecule has 188 valence electrons. The molecule has 0 bridgehead atoms. The van der Waals surface area contributed by atoms with Crippen LogP contribution in [0, 0.1) is 5.92 Å². The first kappa shape index (κ1) is 25.2. The number of aryl methyl sites for hydroxylation is 1. The van der Waals surface area contributed by atoms with Gasteiger partial charge in [0.25, 0.3) is 5.56 Å². The molecule has 2 N–H and O–H groups in total. The van der Waals surface area contributed by atoms with Crippen molar-refractivity contribution in [1.82, 2.24) is 4.57 Å². The van der Waals surface area contributed by atoms with Gasteiger partial charge in [-0.2, -0.15) is 0 Å². The highest BCUT2D eigenvalue weighted by atomic mass is 32.2. The third-order valence-corrected chi connectivity index (χ3v) is 8.90. The zero-order valence-electron chi connectivity index (χ0n) is 20.4. The fourth-order valence-corrected chi connectivity index (χ4v) is 6.62. The number of sulfone groups is 1. The lowest BCUT2D eigenvalue weighted by molar-refractivity contribution is 0.257. The topological polar surface area (TPSA) is 113 Å². The van der Waals surface area contributed by atoms with Crippen molar-refractivity contribution in [1.29, 1.82) is 0 Å². The third-order valence-electron chi connectivity index (χ3n) is 6.00. The standard InChI is InChI=1S/C25H31N3O5S2/c1-15(2)14-33-21-11-16(5-6-20(21)32-4)19-13-28(3)25(29)18-12-22(34-23(18)19)24(26)27-17-7-9-35(30,31)10-8-17/h5-6,11-13,15,17H,7-10,14H2,1-4H3,(H2,26,27). The molecular formula is C25H31N3O5S2. The van der Waals surface area contributed by atoms with Gasteiger partial charge in [0.2, 0.25) is 0 Å². The summed E-state index contributed by atoms with van der Waals surface area (Å²) in [6, 6.07) is 7.39. The highest BCUT2D eigenvalue weighted by Gasteiger charge is 2.24. The van der Waals surface area contributed by atoms with Gasteiger partial charge in [0.1, 0.15) is 15.7 Å². The Kier molecular flexibility index (Phi) is 7.23. The summed E-state index contributed by atoms with van der Waals surface area (Å²) in [7, 11) is 0.361. The van der Waals surface area contributed by atoms with Crippen LogP contribution in [0.1, 0.15) is 31.6 Å². The first-order valence-electron chi connectivity index (χ1n) is 11.6. The van der Waals surface area contributed by atoms with Gasteiger partial charge in [0.15, 0.2) is 11.5 Å². The molecule has 10 heteroatoms. The number of amidine groups is 1. The number of benzene rings is 1. The van der Waals surface area contributed by atoms with Gasteiger partial charge >= 0.3 is 0 Å². The van der Waals surface area contributed by atoms with Crippen LogP contribution in [0.5, 0.6) is 11.5 Å². The molecule has 2 aromatic heterocycles. The van der Waals surface area contributed by atoms with Crippen molar-refractivity contribution < 1.29 is 17.9 Å². The minimum atomic E-state index is -2.97. The molecule has 1 aliphatic rings. The molecule has 0 aliphatic carbocycles. The molecule has 0 saturated carbocycles. The number of hydrogen-bond acceptors (Lipinski definition) is 7. The molecule has 3 heterocycles. The number of aliphatic imine (C=N–C) groups is 1. The molecule has 0 atom stereocenters. The van der Waals surface area contributed by atoms with Gasteiger partial charge in [0.05, 0.1) is 41.5 Å². The highest BCUT2D eigenvalue weighted by molar-refractivity contribution is 7.91. The number of hydrogen-bond donors (Lipinski definition) is 1. The lowest BCUT2D eigenvalue weighted by atomic mass is 10.1. The van der Waals surface area contributed by atoms with Crippen LogP contribution in [-0.4, -0.2) is 50.1 Å². The normalized spacial score (nSPS) is 16.7. The summed E-state index contributed by atoms with van der Waals surface area (Å²) >= 11 is 1.41. The van der Waals surface area contributed by atoms with E-state index in [-0.39, 0.29) is 23.1 Å². The highest BCUT2D eigenvalue weighted by Crippen LogP contribution is 2.38. The van der Waals surface area contributed by atoms with Crippen LogP contribution in [-0.2, 0) is 16.9 Å². The number of aromatic nitrogens is 1. The summed E-state index contributed by atoms with van der Waals surface area (Å²) in [5, 5.41) is 0.565. The molecule has 8 nitrogen and oxygen atoms in total. The fraction of sp³-hybridized carbons (Fsp3) is 0.440. The lowest BCUT2D eigenvalue weighted by Crippen LogP contribution is -2.27. The second-order valence-electron chi connectivity index (χ2n) is 9.28. The minimum absolute atomic E-state index is 0.118. The quantitative estimate of drug-likeness (QED) is 0.379. The Morgan fingerprint density at radius 1 is 1.23 bits per heavy atom. The lowest BCUT2D eigenvalue weighted by Gasteiger charge is -2.18. The zero-order chi connectivity index (χ0) is 25.3. The van der Waals surface area contributed by atoms with Crippen LogP contribution in [0.15, 0.2) is 40.2 Å². The zero-order valence-corrected chi connectivity index (χ0v) is 22.0. The SMILES string of the molecule is COc1ccc(-c2cn(C)c(=O)c3cc(C(N)=NC4CCS(=O)(=O)CC4)sc23)cc1OCC(C)C. The molecule has 0 radical (unpaired) electrons. The van der Waals surface area contributed by atoms with Crippen LogP contribution < -0.4 is 20.8 Å². The van der Waals surface area contributed by atoms with Gasteiger partial charge in [-0.1, -0.05) is 19.9 Å². The van der Waals surface area contributed by atoms with Crippen molar-refractivity contribution in [3.05, 3.63) is 45.7 Å². The van der Waals surface area contributed by atoms with Crippen LogP contribution in [0.25, 0.3) is 21.2 Å². The van der Waals surface area contributed by atoms with E-state index in [1.54, 1.807) is 24.8 Å². The average molecular weight is 518 g/mol. The number of pyridine rings is 1. The Balaban J connectivity index is 1.75. The van der Waals surface area contributed by atoms with Gasteiger partial charge in [-0.3, -0.25) is 9.79 Å². The van der Waals surface area contributed by atoms with Gasteiger partial charge in [-0.05, 0) is 42.5 Å². The number of fused-ring (bicyclic) bond motifs is 1. The molecule has 3 aromatic rings. The predicted molar refractivity (Wildman–Crippen MR) is 142 cm³/mol. The van der Waals surface area contributed by atoms with E-state index in [2.05, 4.69) is 18.8 Å². The van der Waals surface area contributed by atoms with E-state index in [1.165, 1.54) is 11.3 Å². The largest absolute Gasteiger partial charge is 0.493 e. The van der Waals surface area contributed by atoms with E-state index in [0.29, 0.717) is 53.0 Å². The molecule has 35 heavy (non-hydrogen) atoms. The van der Waals surface area contributed by atoms with E-state index in [1.807, 2.05) is 24.4 Å². The Labute approximate surface area is 209 Å². The monoisotopic (exact) mass is 517 g/mol. The number of nitrogens with two attached hydrogens (primary N) is 1. The number of ether oxygens (including phenoxy) is 2. The molecule has 1 aliphatic heterocycles. The van der Waals surface area contributed by atoms with E-state index in [4.69, 9.17) is 15.2 Å². The first-order chi connectivity index (χ1) is 16.6. The van der Waals surface area contributed by atoms with Gasteiger partial charge in [-0.25, -0.2) is 8.42 Å². The Morgan fingerprint density at radius 3 is 2.60 bits per heavy atom.